The van der Waals surface area contributed by atoms with Crippen LogP contribution in [0.15, 0.2) is 47.0 Å². The van der Waals surface area contributed by atoms with Crippen LogP contribution in [0.4, 0.5) is 30.7 Å². The molecule has 1 aliphatic carbocycles. The molecule has 0 radical (unpaired) electrons. The number of rotatable bonds is 7. The van der Waals surface area contributed by atoms with Crippen molar-refractivity contribution < 1.29 is 40.3 Å². The highest BCUT2D eigenvalue weighted by atomic mass is 19.4. The number of benzene rings is 1. The van der Waals surface area contributed by atoms with Crippen molar-refractivity contribution in [3.63, 3.8) is 0 Å². The van der Waals surface area contributed by atoms with Gasteiger partial charge in [-0.15, -0.1) is 0 Å². The maximum absolute atomic E-state index is 13.8. The van der Waals surface area contributed by atoms with E-state index in [2.05, 4.69) is 20.1 Å². The van der Waals surface area contributed by atoms with Crippen LogP contribution in [-0.4, -0.2) is 53.3 Å². The molecular formula is C21H17F7N6O2. The summed E-state index contributed by atoms with van der Waals surface area (Å²) in [6.45, 7) is -3.82. The summed E-state index contributed by atoms with van der Waals surface area (Å²) < 4.78 is 96.4. The standard InChI is InChI=1S/C21H17F7N6O2/c1-31-17(15(36-19(22)23)16(30)20(24,25)21(26,27)28)34-9-12(8-32-34)10-2-3-11(7-29)14(6-10)18(35)33-13-4-5-13/h2-3,6,8-9,13,19H,4-5,30H2,1H3,(H,33,35). The zero-order chi connectivity index (χ0) is 26.8. The van der Waals surface area contributed by atoms with E-state index in [1.165, 1.54) is 18.2 Å². The Balaban J connectivity index is 2.04. The number of nitriles is 1. The molecule has 192 valence electrons. The lowest BCUT2D eigenvalue weighted by Gasteiger charge is -2.23. The molecule has 1 heterocycles. The van der Waals surface area contributed by atoms with E-state index in [1.54, 1.807) is 0 Å². The van der Waals surface area contributed by atoms with Crippen LogP contribution in [0.25, 0.3) is 11.1 Å². The molecule has 8 nitrogen and oxygen atoms in total. The monoisotopic (exact) mass is 518 g/mol. The van der Waals surface area contributed by atoms with Crippen LogP contribution in [0, 0.1) is 11.3 Å². The Morgan fingerprint density at radius 1 is 1.28 bits per heavy atom. The molecule has 15 heteroatoms. The molecule has 3 rings (SSSR count). The summed E-state index contributed by atoms with van der Waals surface area (Å²) in [4.78, 5) is 15.9. The number of nitrogens with zero attached hydrogens (tertiary/aromatic N) is 4. The van der Waals surface area contributed by atoms with Crippen molar-refractivity contribution in [3.05, 3.63) is 53.2 Å². The van der Waals surface area contributed by atoms with Gasteiger partial charge in [0.2, 0.25) is 0 Å². The fourth-order valence-corrected chi connectivity index (χ4v) is 3.02. The Morgan fingerprint density at radius 3 is 2.47 bits per heavy atom. The number of allylic oxidation sites excluding steroid dienone is 2. The first-order valence-corrected chi connectivity index (χ1v) is 10.1. The van der Waals surface area contributed by atoms with Crippen LogP contribution >= 0.6 is 0 Å². The van der Waals surface area contributed by atoms with Gasteiger partial charge in [-0.25, -0.2) is 4.68 Å². The maximum atomic E-state index is 13.8. The average Bonchev–Trinajstić information content (AvgIpc) is 3.49. The van der Waals surface area contributed by atoms with Crippen molar-refractivity contribution in [2.75, 3.05) is 7.05 Å². The highest BCUT2D eigenvalue weighted by Crippen LogP contribution is 2.40. The summed E-state index contributed by atoms with van der Waals surface area (Å²) in [7, 11) is 0.909. The molecule has 0 saturated heterocycles. The minimum atomic E-state index is -6.21. The Bertz CT molecular complexity index is 1260. The van der Waals surface area contributed by atoms with Gasteiger partial charge in [0, 0.05) is 24.8 Å². The number of nitrogens with two attached hydrogens (primary N) is 1. The molecule has 0 spiro atoms. The van der Waals surface area contributed by atoms with Gasteiger partial charge in [-0.3, -0.25) is 9.79 Å². The van der Waals surface area contributed by atoms with E-state index in [1.807, 2.05) is 6.07 Å². The third-order valence-electron chi connectivity index (χ3n) is 4.99. The van der Waals surface area contributed by atoms with Gasteiger partial charge in [0.25, 0.3) is 5.91 Å². The minimum Gasteiger partial charge on any atom is -0.429 e. The fraction of sp³-hybridized carbons (Fsp3) is 0.333. The van der Waals surface area contributed by atoms with Crippen LogP contribution in [-0.2, 0) is 4.74 Å². The number of nitrogens with one attached hydrogen (secondary N) is 1. The summed E-state index contributed by atoms with van der Waals surface area (Å²) >= 11 is 0. The molecule has 1 aromatic carbocycles. The zero-order valence-electron chi connectivity index (χ0n) is 18.3. The number of aliphatic imine (C=N–C) groups is 1. The predicted octanol–water partition coefficient (Wildman–Crippen LogP) is 3.80. The lowest BCUT2D eigenvalue weighted by Crippen LogP contribution is -2.43. The second-order valence-corrected chi connectivity index (χ2v) is 7.53. The molecule has 0 unspecified atom stereocenters. The number of aromatic nitrogens is 2. The van der Waals surface area contributed by atoms with E-state index in [4.69, 9.17) is 5.73 Å². The summed E-state index contributed by atoms with van der Waals surface area (Å²) in [5.74, 6) is -8.92. The quantitative estimate of drug-likeness (QED) is 0.250. The van der Waals surface area contributed by atoms with Crippen LogP contribution in [0.5, 0.6) is 0 Å². The first-order chi connectivity index (χ1) is 16.8. The smallest absolute Gasteiger partial charge is 0.429 e. The largest absolute Gasteiger partial charge is 0.459 e. The lowest BCUT2D eigenvalue weighted by atomic mass is 10.0. The lowest BCUT2D eigenvalue weighted by molar-refractivity contribution is -0.266. The van der Waals surface area contributed by atoms with Gasteiger partial charge in [0.05, 0.1) is 23.4 Å². The summed E-state index contributed by atoms with van der Waals surface area (Å²) in [5.41, 5.74) is 3.18. The molecule has 0 bridgehead atoms. The number of hydrogen-bond donors (Lipinski definition) is 2. The van der Waals surface area contributed by atoms with E-state index in [0.29, 0.717) is 10.2 Å². The van der Waals surface area contributed by atoms with Crippen molar-refractivity contribution in [1.82, 2.24) is 15.1 Å². The van der Waals surface area contributed by atoms with Crippen molar-refractivity contribution >= 4 is 11.7 Å². The van der Waals surface area contributed by atoms with Gasteiger partial charge in [-0.1, -0.05) is 6.07 Å². The Morgan fingerprint density at radius 2 is 1.94 bits per heavy atom. The molecule has 0 atom stereocenters. The van der Waals surface area contributed by atoms with E-state index in [9.17, 15) is 40.8 Å². The van der Waals surface area contributed by atoms with Crippen LogP contribution in [0.3, 0.4) is 0 Å². The van der Waals surface area contributed by atoms with E-state index < -0.39 is 41.9 Å². The number of halogens is 7. The van der Waals surface area contributed by atoms with Crippen LogP contribution < -0.4 is 11.1 Å². The van der Waals surface area contributed by atoms with E-state index in [-0.39, 0.29) is 22.7 Å². The van der Waals surface area contributed by atoms with Crippen molar-refractivity contribution in [3.8, 4) is 17.2 Å². The second-order valence-electron chi connectivity index (χ2n) is 7.53. The first kappa shape index (κ1) is 26.5. The molecule has 1 aliphatic rings. The summed E-state index contributed by atoms with van der Waals surface area (Å²) in [5, 5.41) is 15.8. The highest BCUT2D eigenvalue weighted by Gasteiger charge is 2.61. The van der Waals surface area contributed by atoms with E-state index in [0.717, 1.165) is 32.3 Å². The fourth-order valence-electron chi connectivity index (χ4n) is 3.02. The Labute approximate surface area is 198 Å². The third kappa shape index (κ3) is 5.42. The number of ether oxygens (including phenoxy) is 1. The highest BCUT2D eigenvalue weighted by molar-refractivity contribution is 6.00. The first-order valence-electron chi connectivity index (χ1n) is 10.1. The van der Waals surface area contributed by atoms with Gasteiger partial charge in [-0.05, 0) is 30.5 Å². The van der Waals surface area contributed by atoms with Crippen molar-refractivity contribution in [2.24, 2.45) is 10.7 Å². The number of alkyl halides is 7. The minimum absolute atomic E-state index is 0.000832. The normalized spacial score (nSPS) is 15.4. The number of hydrogen-bond acceptors (Lipinski definition) is 6. The molecule has 3 N–H and O–H groups in total. The van der Waals surface area contributed by atoms with Crippen molar-refractivity contribution in [1.29, 1.82) is 5.26 Å². The van der Waals surface area contributed by atoms with E-state index >= 15 is 0 Å². The topological polar surface area (TPSA) is 118 Å². The van der Waals surface area contributed by atoms with Gasteiger partial charge in [0.15, 0.2) is 11.6 Å². The van der Waals surface area contributed by atoms with Crippen LogP contribution in [0.2, 0.25) is 0 Å². The second kappa shape index (κ2) is 9.88. The van der Waals surface area contributed by atoms with Gasteiger partial charge in [0.1, 0.15) is 5.70 Å². The molecule has 1 aromatic heterocycles. The number of amides is 1. The summed E-state index contributed by atoms with van der Waals surface area (Å²) in [6, 6.07) is 6.00. The van der Waals surface area contributed by atoms with Crippen molar-refractivity contribution in [2.45, 2.75) is 37.6 Å². The predicted molar refractivity (Wildman–Crippen MR) is 111 cm³/mol. The molecule has 36 heavy (non-hydrogen) atoms. The average molecular weight is 518 g/mol. The van der Waals surface area contributed by atoms with Gasteiger partial charge >= 0.3 is 18.7 Å². The molecular weight excluding hydrogens is 501 g/mol. The molecule has 2 aromatic rings. The number of carbonyl (C=O) groups is 1. The summed E-state index contributed by atoms with van der Waals surface area (Å²) in [6.07, 6.45) is -2.45. The van der Waals surface area contributed by atoms with Crippen LogP contribution in [0.1, 0.15) is 28.8 Å². The Hall–Kier alpha value is -4.09. The third-order valence-corrected chi connectivity index (χ3v) is 4.99. The molecule has 1 fully saturated rings. The maximum Gasteiger partial charge on any atom is 0.459 e. The molecule has 1 saturated carbocycles. The Kier molecular flexibility index (Phi) is 7.27. The van der Waals surface area contributed by atoms with Gasteiger partial charge < -0.3 is 15.8 Å². The molecule has 0 aliphatic heterocycles. The SMILES string of the molecule is CN=C(C(OC(F)F)=C(N)C(F)(F)C(F)(F)F)n1cc(-c2ccc(C#N)c(C(=O)NC3CC3)c2)cn1. The molecule has 1 amide bonds. The zero-order valence-corrected chi connectivity index (χ0v) is 18.3. The van der Waals surface area contributed by atoms with Gasteiger partial charge in [-0.2, -0.15) is 41.1 Å². The number of carbonyl (C=O) groups excluding carboxylic acids is 1.